The van der Waals surface area contributed by atoms with E-state index in [1.807, 2.05) is 35.2 Å². The number of amides is 1. The van der Waals surface area contributed by atoms with Gasteiger partial charge in [0.1, 0.15) is 5.75 Å². The minimum atomic E-state index is -0.480. The van der Waals surface area contributed by atoms with Crippen LogP contribution in [-0.4, -0.2) is 40.0 Å². The van der Waals surface area contributed by atoms with E-state index in [1.54, 1.807) is 12.4 Å². The molecule has 28 heavy (non-hydrogen) atoms. The molecule has 5 nitrogen and oxygen atoms in total. The summed E-state index contributed by atoms with van der Waals surface area (Å²) < 4.78 is 6.21. The van der Waals surface area contributed by atoms with Gasteiger partial charge in [0.15, 0.2) is 6.10 Å². The lowest BCUT2D eigenvalue weighted by Crippen LogP contribution is -2.43. The largest absolute Gasteiger partial charge is 0.479 e. The number of aromatic nitrogens is 2. The number of rotatable bonds is 2. The van der Waals surface area contributed by atoms with Gasteiger partial charge in [-0.05, 0) is 49.6 Å². The maximum absolute atomic E-state index is 13.0. The minimum absolute atomic E-state index is 0.0793. The third kappa shape index (κ3) is 3.00. The van der Waals surface area contributed by atoms with Crippen molar-refractivity contribution in [3.63, 3.8) is 0 Å². The van der Waals surface area contributed by atoms with Crippen molar-refractivity contribution in [2.45, 2.75) is 31.8 Å². The molecule has 1 fully saturated rings. The summed E-state index contributed by atoms with van der Waals surface area (Å²) in [5, 5.41) is 0.629. The molecule has 4 heterocycles. The summed E-state index contributed by atoms with van der Waals surface area (Å²) in [6.07, 6.45) is 6.91. The zero-order valence-electron chi connectivity index (χ0n) is 15.4. The highest BCUT2D eigenvalue weighted by Gasteiger charge is 2.35. The first kappa shape index (κ1) is 17.4. The molecule has 1 aromatic carbocycles. The van der Waals surface area contributed by atoms with E-state index in [0.717, 1.165) is 59.4 Å². The number of halogens is 1. The molecule has 1 unspecified atom stereocenters. The molecular weight excluding hydrogens is 374 g/mol. The number of carbonyl (C=O) groups is 1. The predicted molar refractivity (Wildman–Crippen MR) is 109 cm³/mol. The highest BCUT2D eigenvalue weighted by atomic mass is 35.5. The SMILES string of the molecule is O=C(C1Cc2cc(Cl)cc(-c3ccnc4cccnc34)c2O1)N1CCCCC1. The lowest BCUT2D eigenvalue weighted by atomic mass is 9.99. The number of fused-ring (bicyclic) bond motifs is 2. The Hall–Kier alpha value is -2.66. The number of likely N-dealkylation sites (tertiary alicyclic amines) is 1. The first-order chi connectivity index (χ1) is 13.7. The molecule has 0 bridgehead atoms. The van der Waals surface area contributed by atoms with E-state index < -0.39 is 6.10 Å². The second-order valence-electron chi connectivity index (χ2n) is 7.37. The van der Waals surface area contributed by atoms with Gasteiger partial charge in [-0.25, -0.2) is 0 Å². The van der Waals surface area contributed by atoms with Gasteiger partial charge in [0.05, 0.1) is 11.0 Å². The summed E-state index contributed by atoms with van der Waals surface area (Å²) in [5.41, 5.74) is 4.35. The van der Waals surface area contributed by atoms with Crippen LogP contribution in [0.4, 0.5) is 0 Å². The molecule has 5 rings (SSSR count). The number of hydrogen-bond acceptors (Lipinski definition) is 4. The second kappa shape index (κ2) is 7.06. The Morgan fingerprint density at radius 1 is 1.07 bits per heavy atom. The van der Waals surface area contributed by atoms with Crippen molar-refractivity contribution in [1.29, 1.82) is 0 Å². The van der Waals surface area contributed by atoms with Crippen molar-refractivity contribution >= 4 is 28.5 Å². The van der Waals surface area contributed by atoms with Crippen LogP contribution in [0.1, 0.15) is 24.8 Å². The Bertz CT molecular complexity index is 1060. The summed E-state index contributed by atoms with van der Waals surface area (Å²) in [7, 11) is 0. The maximum Gasteiger partial charge on any atom is 0.263 e. The number of pyridine rings is 2. The number of piperidine rings is 1. The van der Waals surface area contributed by atoms with Crippen molar-refractivity contribution in [1.82, 2.24) is 14.9 Å². The van der Waals surface area contributed by atoms with E-state index in [4.69, 9.17) is 16.3 Å². The van der Waals surface area contributed by atoms with E-state index in [2.05, 4.69) is 9.97 Å². The van der Waals surface area contributed by atoms with Crippen molar-refractivity contribution in [3.8, 4) is 16.9 Å². The summed E-state index contributed by atoms with van der Waals surface area (Å²) in [4.78, 5) is 23.8. The van der Waals surface area contributed by atoms with Gasteiger partial charge >= 0.3 is 0 Å². The van der Waals surface area contributed by atoms with E-state index in [0.29, 0.717) is 11.4 Å². The van der Waals surface area contributed by atoms with E-state index in [1.165, 1.54) is 6.42 Å². The Labute approximate surface area is 168 Å². The Morgan fingerprint density at radius 3 is 2.79 bits per heavy atom. The van der Waals surface area contributed by atoms with Gasteiger partial charge in [-0.2, -0.15) is 0 Å². The van der Waals surface area contributed by atoms with Crippen LogP contribution in [0.5, 0.6) is 5.75 Å². The monoisotopic (exact) mass is 393 g/mol. The first-order valence-electron chi connectivity index (χ1n) is 9.69. The number of benzene rings is 1. The Morgan fingerprint density at radius 2 is 1.93 bits per heavy atom. The van der Waals surface area contributed by atoms with Crippen LogP contribution < -0.4 is 4.74 Å². The van der Waals surface area contributed by atoms with Gasteiger partial charge in [0.25, 0.3) is 5.91 Å². The van der Waals surface area contributed by atoms with E-state index in [-0.39, 0.29) is 5.91 Å². The highest BCUT2D eigenvalue weighted by Crippen LogP contribution is 2.43. The normalized spacial score (nSPS) is 18.8. The Kier molecular flexibility index (Phi) is 4.40. The smallest absolute Gasteiger partial charge is 0.263 e. The molecule has 6 heteroatoms. The summed E-state index contributed by atoms with van der Waals surface area (Å²) >= 11 is 6.42. The predicted octanol–water partition coefficient (Wildman–Crippen LogP) is 4.27. The maximum atomic E-state index is 13.0. The van der Waals surface area contributed by atoms with Crippen LogP contribution >= 0.6 is 11.6 Å². The lowest BCUT2D eigenvalue weighted by molar-refractivity contribution is -0.138. The molecule has 2 aliphatic heterocycles. The molecule has 1 amide bonds. The molecule has 1 saturated heterocycles. The molecule has 0 spiro atoms. The number of nitrogens with zero attached hydrogens (tertiary/aromatic N) is 3. The van der Waals surface area contributed by atoms with Gasteiger partial charge in [0, 0.05) is 53.6 Å². The zero-order chi connectivity index (χ0) is 19.1. The second-order valence-corrected chi connectivity index (χ2v) is 7.80. The molecule has 0 N–H and O–H groups in total. The van der Waals surface area contributed by atoms with Gasteiger partial charge in [-0.15, -0.1) is 0 Å². The molecule has 0 saturated carbocycles. The molecule has 2 aromatic heterocycles. The molecule has 142 valence electrons. The molecule has 0 aliphatic carbocycles. The van der Waals surface area contributed by atoms with Gasteiger partial charge < -0.3 is 9.64 Å². The number of hydrogen-bond donors (Lipinski definition) is 0. The fourth-order valence-electron chi connectivity index (χ4n) is 4.18. The van der Waals surface area contributed by atoms with E-state index >= 15 is 0 Å². The summed E-state index contributed by atoms with van der Waals surface area (Å²) in [5.74, 6) is 0.814. The molecule has 1 atom stereocenters. The standard InChI is InChI=1S/C22H20ClN3O2/c23-15-11-14-12-19(22(27)26-9-2-1-3-10-26)28-21(14)17(13-15)16-6-8-24-18-5-4-7-25-20(16)18/h4-8,11,13,19H,1-3,9-10,12H2. The number of ether oxygens (including phenoxy) is 1. The van der Waals surface area contributed by atoms with Crippen LogP contribution in [0.3, 0.4) is 0 Å². The van der Waals surface area contributed by atoms with Gasteiger partial charge in [0.2, 0.25) is 0 Å². The van der Waals surface area contributed by atoms with Gasteiger partial charge in [-0.1, -0.05) is 11.6 Å². The Balaban J connectivity index is 1.54. The minimum Gasteiger partial charge on any atom is -0.479 e. The van der Waals surface area contributed by atoms with Gasteiger partial charge in [-0.3, -0.25) is 14.8 Å². The third-order valence-electron chi connectivity index (χ3n) is 5.53. The first-order valence-corrected chi connectivity index (χ1v) is 10.1. The van der Waals surface area contributed by atoms with Crippen LogP contribution in [0.2, 0.25) is 5.02 Å². The highest BCUT2D eigenvalue weighted by molar-refractivity contribution is 6.31. The van der Waals surface area contributed by atoms with Crippen LogP contribution in [0.25, 0.3) is 22.2 Å². The molecule has 2 aliphatic rings. The summed E-state index contributed by atoms with van der Waals surface area (Å²) in [6, 6.07) is 9.51. The van der Waals surface area contributed by atoms with Crippen LogP contribution in [-0.2, 0) is 11.2 Å². The van der Waals surface area contributed by atoms with Crippen molar-refractivity contribution in [2.24, 2.45) is 0 Å². The number of carbonyl (C=O) groups excluding carboxylic acids is 1. The third-order valence-corrected chi connectivity index (χ3v) is 5.74. The summed E-state index contributed by atoms with van der Waals surface area (Å²) in [6.45, 7) is 1.64. The van der Waals surface area contributed by atoms with Crippen LogP contribution in [0.15, 0.2) is 42.7 Å². The van der Waals surface area contributed by atoms with Crippen molar-refractivity contribution in [3.05, 3.63) is 53.3 Å². The van der Waals surface area contributed by atoms with Crippen LogP contribution in [0, 0.1) is 0 Å². The zero-order valence-corrected chi connectivity index (χ0v) is 16.2. The molecule has 3 aromatic rings. The molecule has 0 radical (unpaired) electrons. The lowest BCUT2D eigenvalue weighted by Gasteiger charge is -2.28. The quantitative estimate of drug-likeness (QED) is 0.652. The fourth-order valence-corrected chi connectivity index (χ4v) is 4.42. The van der Waals surface area contributed by atoms with Crippen molar-refractivity contribution < 1.29 is 9.53 Å². The fraction of sp³-hybridized carbons (Fsp3) is 0.318. The average molecular weight is 394 g/mol. The topological polar surface area (TPSA) is 55.3 Å². The van der Waals surface area contributed by atoms with E-state index in [9.17, 15) is 4.79 Å². The average Bonchev–Trinajstić information content (AvgIpc) is 3.17. The molecular formula is C22H20ClN3O2. The van der Waals surface area contributed by atoms with Crippen molar-refractivity contribution in [2.75, 3.05) is 13.1 Å².